The van der Waals surface area contributed by atoms with Crippen LogP contribution in [0.3, 0.4) is 0 Å². The lowest BCUT2D eigenvalue weighted by molar-refractivity contribution is -0.147. The lowest BCUT2D eigenvalue weighted by atomic mass is 9.96. The first kappa shape index (κ1) is 19.9. The molecule has 1 aromatic carbocycles. The van der Waals surface area contributed by atoms with Gasteiger partial charge in [-0.3, -0.25) is 9.36 Å². The highest BCUT2D eigenvalue weighted by atomic mass is 31.2. The summed E-state index contributed by atoms with van der Waals surface area (Å²) >= 11 is 0. The first-order valence-electron chi connectivity index (χ1n) is 8.10. The Morgan fingerprint density at radius 2 is 1.57 bits per heavy atom. The van der Waals surface area contributed by atoms with Crippen molar-refractivity contribution >= 4 is 13.6 Å². The van der Waals surface area contributed by atoms with E-state index in [4.69, 9.17) is 13.8 Å². The summed E-state index contributed by atoms with van der Waals surface area (Å²) in [7, 11) is -3.69. The number of rotatable bonds is 10. The minimum absolute atomic E-state index is 0.202. The monoisotopic (exact) mass is 342 g/mol. The average molecular weight is 342 g/mol. The van der Waals surface area contributed by atoms with Gasteiger partial charge in [0.05, 0.1) is 19.8 Å². The van der Waals surface area contributed by atoms with E-state index >= 15 is 0 Å². The Labute approximate surface area is 138 Å². The Morgan fingerprint density at radius 3 is 2.00 bits per heavy atom. The maximum Gasteiger partial charge on any atom is 0.348 e. The normalized spacial score (nSPS) is 14.3. The third-order valence-electron chi connectivity index (χ3n) is 3.70. The molecule has 0 fully saturated rings. The molecule has 0 bridgehead atoms. The fourth-order valence-electron chi connectivity index (χ4n) is 2.57. The van der Waals surface area contributed by atoms with Crippen molar-refractivity contribution in [2.45, 2.75) is 45.7 Å². The third kappa shape index (κ3) is 4.43. The molecule has 0 radical (unpaired) electrons. The fraction of sp³-hybridized carbons (Fsp3) is 0.588. The molecule has 5 nitrogen and oxygen atoms in total. The van der Waals surface area contributed by atoms with Gasteiger partial charge in [0, 0.05) is 6.42 Å². The zero-order valence-electron chi connectivity index (χ0n) is 14.4. The Hall–Kier alpha value is -1.16. The van der Waals surface area contributed by atoms with Crippen LogP contribution in [0.5, 0.6) is 0 Å². The highest BCUT2D eigenvalue weighted by Gasteiger charge is 2.56. The summed E-state index contributed by atoms with van der Waals surface area (Å²) in [5, 5.41) is -1.34. The minimum Gasteiger partial charge on any atom is -0.465 e. The van der Waals surface area contributed by atoms with Crippen LogP contribution in [-0.4, -0.2) is 30.9 Å². The maximum atomic E-state index is 13.4. The summed E-state index contributed by atoms with van der Waals surface area (Å²) in [4.78, 5) is 12.7. The molecule has 0 heterocycles. The van der Waals surface area contributed by atoms with Crippen LogP contribution in [0.15, 0.2) is 30.3 Å². The van der Waals surface area contributed by atoms with Crippen LogP contribution in [0.25, 0.3) is 0 Å². The Kier molecular flexibility index (Phi) is 7.97. The Bertz CT molecular complexity index is 521. The summed E-state index contributed by atoms with van der Waals surface area (Å²) in [6, 6.07) is 9.45. The molecule has 0 N–H and O–H groups in total. The zero-order valence-corrected chi connectivity index (χ0v) is 15.3. The molecule has 23 heavy (non-hydrogen) atoms. The van der Waals surface area contributed by atoms with E-state index in [0.29, 0.717) is 6.42 Å². The summed E-state index contributed by atoms with van der Waals surface area (Å²) in [6.45, 7) is 7.63. The predicted octanol–water partition coefficient (Wildman–Crippen LogP) is 4.21. The molecule has 0 aromatic heterocycles. The molecule has 1 aromatic rings. The van der Waals surface area contributed by atoms with Crippen LogP contribution in [0, 0.1) is 0 Å². The van der Waals surface area contributed by atoms with Gasteiger partial charge in [0.2, 0.25) is 0 Å². The molecule has 0 saturated carbocycles. The van der Waals surface area contributed by atoms with Crippen LogP contribution >= 0.6 is 7.60 Å². The SMILES string of the molecule is CCOC(=O)C(CC)(Cc1ccccc1)P(=O)(OCC)OCC. The van der Waals surface area contributed by atoms with E-state index in [9.17, 15) is 9.36 Å². The number of hydrogen-bond donors (Lipinski definition) is 0. The van der Waals surface area contributed by atoms with Crippen molar-refractivity contribution in [1.29, 1.82) is 0 Å². The van der Waals surface area contributed by atoms with E-state index in [1.54, 1.807) is 20.8 Å². The summed E-state index contributed by atoms with van der Waals surface area (Å²) in [6.07, 6.45) is 0.554. The van der Waals surface area contributed by atoms with Gasteiger partial charge in [-0.1, -0.05) is 37.3 Å². The van der Waals surface area contributed by atoms with Crippen molar-refractivity contribution in [3.63, 3.8) is 0 Å². The van der Waals surface area contributed by atoms with Crippen LogP contribution in [0.2, 0.25) is 0 Å². The molecule has 0 aliphatic rings. The lowest BCUT2D eigenvalue weighted by Gasteiger charge is -2.36. The third-order valence-corrected chi connectivity index (χ3v) is 6.60. The summed E-state index contributed by atoms with van der Waals surface area (Å²) in [5.74, 6) is -0.531. The van der Waals surface area contributed by atoms with Crippen LogP contribution in [0.1, 0.15) is 39.7 Å². The molecule has 0 aliphatic carbocycles. The van der Waals surface area contributed by atoms with Crippen LogP contribution in [-0.2, 0) is 29.6 Å². The molecular formula is C17H27O5P. The van der Waals surface area contributed by atoms with Crippen molar-refractivity contribution in [3.8, 4) is 0 Å². The van der Waals surface area contributed by atoms with E-state index in [0.717, 1.165) is 5.56 Å². The number of carbonyl (C=O) groups excluding carboxylic acids is 1. The number of esters is 1. The fourth-order valence-corrected chi connectivity index (χ4v) is 4.87. The number of ether oxygens (including phenoxy) is 1. The first-order chi connectivity index (χ1) is 11.0. The predicted molar refractivity (Wildman–Crippen MR) is 90.7 cm³/mol. The average Bonchev–Trinajstić information content (AvgIpc) is 2.54. The van der Waals surface area contributed by atoms with Gasteiger partial charge in [0.1, 0.15) is 0 Å². The molecule has 0 amide bonds. The van der Waals surface area contributed by atoms with Crippen molar-refractivity contribution in [2.75, 3.05) is 19.8 Å². The minimum atomic E-state index is -3.69. The summed E-state index contributed by atoms with van der Waals surface area (Å²) in [5.41, 5.74) is 0.891. The number of benzene rings is 1. The Morgan fingerprint density at radius 1 is 1.00 bits per heavy atom. The number of hydrogen-bond acceptors (Lipinski definition) is 5. The highest BCUT2D eigenvalue weighted by molar-refractivity contribution is 7.56. The van der Waals surface area contributed by atoms with E-state index < -0.39 is 18.7 Å². The molecule has 1 rings (SSSR count). The molecule has 0 aliphatic heterocycles. The van der Waals surface area contributed by atoms with Gasteiger partial charge in [-0.15, -0.1) is 0 Å². The lowest BCUT2D eigenvalue weighted by Crippen LogP contribution is -2.43. The van der Waals surface area contributed by atoms with Crippen molar-refractivity contribution in [2.24, 2.45) is 0 Å². The van der Waals surface area contributed by atoms with E-state index in [1.807, 2.05) is 37.3 Å². The molecule has 0 spiro atoms. The van der Waals surface area contributed by atoms with Crippen molar-refractivity contribution < 1.29 is 23.1 Å². The first-order valence-corrected chi connectivity index (χ1v) is 9.64. The molecule has 6 heteroatoms. The maximum absolute atomic E-state index is 13.4. The van der Waals surface area contributed by atoms with Crippen LogP contribution < -0.4 is 0 Å². The van der Waals surface area contributed by atoms with E-state index in [-0.39, 0.29) is 26.2 Å². The van der Waals surface area contributed by atoms with Crippen molar-refractivity contribution in [1.82, 2.24) is 0 Å². The van der Waals surface area contributed by atoms with Gasteiger partial charge >= 0.3 is 13.6 Å². The highest BCUT2D eigenvalue weighted by Crippen LogP contribution is 2.63. The van der Waals surface area contributed by atoms with E-state index in [1.165, 1.54) is 0 Å². The quantitative estimate of drug-likeness (QED) is 0.471. The molecular weight excluding hydrogens is 315 g/mol. The standard InChI is InChI=1S/C17H27O5P/c1-5-17(16(18)20-6-2,14-15-12-10-9-11-13-15)23(19,21-7-3)22-8-4/h9-13H,5-8,14H2,1-4H3. The van der Waals surface area contributed by atoms with E-state index in [2.05, 4.69) is 0 Å². The largest absolute Gasteiger partial charge is 0.465 e. The van der Waals surface area contributed by atoms with Gasteiger partial charge in [-0.2, -0.15) is 0 Å². The molecule has 130 valence electrons. The van der Waals surface area contributed by atoms with Gasteiger partial charge in [0.25, 0.3) is 0 Å². The summed E-state index contributed by atoms with van der Waals surface area (Å²) < 4.78 is 29.7. The smallest absolute Gasteiger partial charge is 0.348 e. The number of carbonyl (C=O) groups is 1. The van der Waals surface area contributed by atoms with Crippen molar-refractivity contribution in [3.05, 3.63) is 35.9 Å². The molecule has 0 saturated heterocycles. The second-order valence-corrected chi connectivity index (χ2v) is 7.47. The van der Waals surface area contributed by atoms with Gasteiger partial charge < -0.3 is 13.8 Å². The second-order valence-electron chi connectivity index (χ2n) is 5.10. The topological polar surface area (TPSA) is 61.8 Å². The second kappa shape index (κ2) is 9.21. The Balaban J connectivity index is 3.37. The van der Waals surface area contributed by atoms with Gasteiger partial charge in [-0.05, 0) is 32.8 Å². The zero-order chi connectivity index (χ0) is 17.3. The van der Waals surface area contributed by atoms with Gasteiger partial charge in [0.15, 0.2) is 5.16 Å². The van der Waals surface area contributed by atoms with Crippen LogP contribution in [0.4, 0.5) is 0 Å². The molecule has 1 atom stereocenters. The molecule has 1 unspecified atom stereocenters. The van der Waals surface area contributed by atoms with Gasteiger partial charge in [-0.25, -0.2) is 0 Å².